The van der Waals surface area contributed by atoms with Crippen molar-refractivity contribution < 1.29 is 14.3 Å². The Labute approximate surface area is 236 Å². The van der Waals surface area contributed by atoms with Crippen LogP contribution in [-0.4, -0.2) is 35.1 Å². The molecule has 208 valence electrons. The number of amides is 2. The summed E-state index contributed by atoms with van der Waals surface area (Å²) in [5, 5.41) is 7.03. The van der Waals surface area contributed by atoms with E-state index in [4.69, 9.17) is 4.74 Å². The Morgan fingerprint density at radius 3 is 2.42 bits per heavy atom. The van der Waals surface area contributed by atoms with Crippen LogP contribution in [-0.2, 0) is 16.7 Å². The minimum atomic E-state index is -0.328. The summed E-state index contributed by atoms with van der Waals surface area (Å²) in [4.78, 5) is 26.5. The van der Waals surface area contributed by atoms with Crippen molar-refractivity contribution in [2.45, 2.75) is 65.0 Å². The highest BCUT2D eigenvalue weighted by Crippen LogP contribution is 2.28. The van der Waals surface area contributed by atoms with E-state index >= 15 is 0 Å². The van der Waals surface area contributed by atoms with Crippen molar-refractivity contribution in [3.8, 4) is 0 Å². The molecule has 40 heavy (non-hydrogen) atoms. The van der Waals surface area contributed by atoms with Crippen LogP contribution in [0.5, 0.6) is 0 Å². The molecule has 1 fully saturated rings. The predicted octanol–water partition coefficient (Wildman–Crippen LogP) is 6.85. The maximum Gasteiger partial charge on any atom is 0.268 e. The molecule has 0 spiro atoms. The monoisotopic (exact) mass is 537 g/mol. The Morgan fingerprint density at radius 2 is 1.75 bits per heavy atom. The summed E-state index contributed by atoms with van der Waals surface area (Å²) in [7, 11) is 0. The average Bonchev–Trinajstić information content (AvgIpc) is 3.51. The van der Waals surface area contributed by atoms with E-state index < -0.39 is 0 Å². The molecule has 6 nitrogen and oxygen atoms in total. The lowest BCUT2D eigenvalue weighted by Crippen LogP contribution is -2.40. The van der Waals surface area contributed by atoms with Crippen molar-refractivity contribution >= 4 is 28.4 Å². The van der Waals surface area contributed by atoms with Crippen LogP contribution in [0.3, 0.4) is 0 Å². The molecular weight excluding hydrogens is 498 g/mol. The van der Waals surface area contributed by atoms with Crippen molar-refractivity contribution in [3.05, 3.63) is 101 Å². The van der Waals surface area contributed by atoms with Crippen molar-refractivity contribution in [2.75, 3.05) is 18.5 Å². The number of nitrogens with one attached hydrogen (secondary N) is 2. The second kappa shape index (κ2) is 10.9. The first-order valence-corrected chi connectivity index (χ1v) is 14.0. The predicted molar refractivity (Wildman–Crippen MR) is 161 cm³/mol. The number of hydrogen-bond donors (Lipinski definition) is 2. The third kappa shape index (κ3) is 6.13. The Morgan fingerprint density at radius 1 is 0.975 bits per heavy atom. The van der Waals surface area contributed by atoms with E-state index in [0.29, 0.717) is 30.0 Å². The average molecular weight is 538 g/mol. The third-order valence-electron chi connectivity index (χ3n) is 7.75. The second-order valence-corrected chi connectivity index (χ2v) is 12.2. The van der Waals surface area contributed by atoms with Gasteiger partial charge in [-0.2, -0.15) is 0 Å². The molecule has 4 aromatic rings. The molecule has 0 unspecified atom stereocenters. The number of aryl methyl sites for hydroxylation is 1. The number of anilines is 1. The van der Waals surface area contributed by atoms with Crippen molar-refractivity contribution in [3.63, 3.8) is 0 Å². The van der Waals surface area contributed by atoms with Crippen LogP contribution in [0.4, 0.5) is 5.69 Å². The Hall–Kier alpha value is -3.90. The SMILES string of the molecule is Cc1cccc(Cn2c(C(=O)NC[C@@]3(C)CCCO3)cc3cc(NC(=O)c4ccc(C(C)(C)C)cc4)ccc32)c1. The van der Waals surface area contributed by atoms with Gasteiger partial charge in [-0.25, -0.2) is 0 Å². The first kappa shape index (κ1) is 27.7. The van der Waals surface area contributed by atoms with E-state index in [0.717, 1.165) is 35.9 Å². The molecule has 0 radical (unpaired) electrons. The van der Waals surface area contributed by atoms with Gasteiger partial charge in [-0.1, -0.05) is 62.7 Å². The van der Waals surface area contributed by atoms with E-state index in [-0.39, 0.29) is 22.8 Å². The standard InChI is InChI=1S/C34H39N3O3/c1-23-8-6-9-24(18-23)21-37-29-15-14-28(36-31(38)25-10-12-27(13-11-25)33(2,3)4)19-26(29)20-30(37)32(39)35-22-34(5)16-7-17-40-34/h6,8-15,18-20H,7,16-17,21-22H2,1-5H3,(H,35,39)(H,36,38)/t34-/m1/s1. The molecule has 5 rings (SSSR count). The summed E-state index contributed by atoms with van der Waals surface area (Å²) in [6.45, 7) is 12.3. The van der Waals surface area contributed by atoms with Crippen LogP contribution in [0.2, 0.25) is 0 Å². The van der Waals surface area contributed by atoms with Gasteiger partial charge in [-0.3, -0.25) is 9.59 Å². The summed E-state index contributed by atoms with van der Waals surface area (Å²) in [6.07, 6.45) is 1.94. The van der Waals surface area contributed by atoms with Crippen molar-refractivity contribution in [1.29, 1.82) is 0 Å². The highest BCUT2D eigenvalue weighted by molar-refractivity contribution is 6.06. The van der Waals surface area contributed by atoms with Crippen LogP contribution in [0.25, 0.3) is 10.9 Å². The van der Waals surface area contributed by atoms with Gasteiger partial charge >= 0.3 is 0 Å². The molecule has 0 saturated carbocycles. The van der Waals surface area contributed by atoms with Gasteiger partial charge in [-0.05, 0) is 79.6 Å². The second-order valence-electron chi connectivity index (χ2n) is 12.2. The number of benzene rings is 3. The largest absolute Gasteiger partial charge is 0.373 e. The maximum atomic E-state index is 13.5. The van der Waals surface area contributed by atoms with E-state index in [2.05, 4.69) is 56.5 Å². The summed E-state index contributed by atoms with van der Waals surface area (Å²) < 4.78 is 7.92. The number of hydrogen-bond acceptors (Lipinski definition) is 3. The molecular formula is C34H39N3O3. The molecule has 2 heterocycles. The quantitative estimate of drug-likeness (QED) is 0.271. The number of carbonyl (C=O) groups is 2. The van der Waals surface area contributed by atoms with Crippen molar-refractivity contribution in [2.24, 2.45) is 0 Å². The van der Waals surface area contributed by atoms with Crippen LogP contribution in [0.15, 0.2) is 72.8 Å². The van der Waals surface area contributed by atoms with Gasteiger partial charge in [0, 0.05) is 41.9 Å². The van der Waals surface area contributed by atoms with Crippen LogP contribution >= 0.6 is 0 Å². The first-order valence-electron chi connectivity index (χ1n) is 14.0. The van der Waals surface area contributed by atoms with Gasteiger partial charge in [0.15, 0.2) is 0 Å². The zero-order chi connectivity index (χ0) is 28.5. The van der Waals surface area contributed by atoms with Gasteiger partial charge in [0.05, 0.1) is 5.60 Å². The van der Waals surface area contributed by atoms with Gasteiger partial charge in [0.1, 0.15) is 5.69 Å². The van der Waals surface area contributed by atoms with Gasteiger partial charge < -0.3 is 19.9 Å². The molecule has 1 saturated heterocycles. The minimum Gasteiger partial charge on any atom is -0.373 e. The van der Waals surface area contributed by atoms with E-state index in [1.165, 1.54) is 11.1 Å². The molecule has 3 aromatic carbocycles. The van der Waals surface area contributed by atoms with Crippen LogP contribution < -0.4 is 10.6 Å². The molecule has 2 amide bonds. The van der Waals surface area contributed by atoms with E-state index in [1.54, 1.807) is 0 Å². The van der Waals surface area contributed by atoms with Gasteiger partial charge in [0.25, 0.3) is 11.8 Å². The lowest BCUT2D eigenvalue weighted by Gasteiger charge is -2.23. The number of nitrogens with zero attached hydrogens (tertiary/aromatic N) is 1. The zero-order valence-electron chi connectivity index (χ0n) is 24.1. The lowest BCUT2D eigenvalue weighted by atomic mass is 9.87. The number of ether oxygens (including phenoxy) is 1. The Kier molecular flexibility index (Phi) is 7.56. The van der Waals surface area contributed by atoms with Crippen LogP contribution in [0.1, 0.15) is 78.1 Å². The van der Waals surface area contributed by atoms with Crippen LogP contribution in [0, 0.1) is 6.92 Å². The Balaban J connectivity index is 1.42. The first-order chi connectivity index (χ1) is 19.0. The minimum absolute atomic E-state index is 0.0253. The highest BCUT2D eigenvalue weighted by Gasteiger charge is 2.30. The third-order valence-corrected chi connectivity index (χ3v) is 7.75. The molecule has 6 heteroatoms. The zero-order valence-corrected chi connectivity index (χ0v) is 24.1. The summed E-state index contributed by atoms with van der Waals surface area (Å²) in [6, 6.07) is 23.8. The summed E-state index contributed by atoms with van der Waals surface area (Å²) in [5.74, 6) is -0.299. The fraction of sp³-hybridized carbons (Fsp3) is 0.353. The fourth-order valence-corrected chi connectivity index (χ4v) is 5.36. The van der Waals surface area contributed by atoms with E-state index in [1.807, 2.05) is 66.1 Å². The number of carbonyl (C=O) groups excluding carboxylic acids is 2. The molecule has 2 N–H and O–H groups in total. The lowest BCUT2D eigenvalue weighted by molar-refractivity contribution is 0.0205. The number of rotatable bonds is 7. The topological polar surface area (TPSA) is 72.4 Å². The number of aromatic nitrogens is 1. The van der Waals surface area contributed by atoms with Crippen molar-refractivity contribution in [1.82, 2.24) is 9.88 Å². The fourth-order valence-electron chi connectivity index (χ4n) is 5.36. The number of fused-ring (bicyclic) bond motifs is 1. The molecule has 1 aliphatic heterocycles. The molecule has 0 aliphatic carbocycles. The summed E-state index contributed by atoms with van der Waals surface area (Å²) in [5.41, 5.74) is 5.97. The van der Waals surface area contributed by atoms with E-state index in [9.17, 15) is 9.59 Å². The summed E-state index contributed by atoms with van der Waals surface area (Å²) >= 11 is 0. The molecule has 1 aliphatic rings. The van der Waals surface area contributed by atoms with Gasteiger partial charge in [-0.15, -0.1) is 0 Å². The molecule has 0 bridgehead atoms. The normalized spacial score (nSPS) is 17.2. The maximum absolute atomic E-state index is 13.5. The smallest absolute Gasteiger partial charge is 0.268 e. The molecule has 1 atom stereocenters. The van der Waals surface area contributed by atoms with Gasteiger partial charge in [0.2, 0.25) is 0 Å². The Bertz CT molecular complexity index is 1540. The molecule has 1 aromatic heterocycles. The highest BCUT2D eigenvalue weighted by atomic mass is 16.5.